The molecule has 0 amide bonds. The number of hydrogen-bond acceptors (Lipinski definition) is 2. The molecule has 1 aliphatic heterocycles. The second-order valence-electron chi connectivity index (χ2n) is 5.76. The Bertz CT molecular complexity index is 498. The number of likely N-dealkylation sites (tertiary alicyclic amines) is 1. The minimum absolute atomic E-state index is 1.05. The molecule has 0 N–H and O–H groups in total. The van der Waals surface area contributed by atoms with Crippen LogP contribution in [0.2, 0.25) is 0 Å². The Kier molecular flexibility index (Phi) is 3.61. The quantitative estimate of drug-likeness (QED) is 0.822. The van der Waals surface area contributed by atoms with Crippen LogP contribution in [-0.2, 0) is 6.42 Å². The molecule has 1 aromatic rings. The Morgan fingerprint density at radius 2 is 1.95 bits per heavy atom. The molecule has 1 saturated heterocycles. The third-order valence-electron chi connectivity index (χ3n) is 4.42. The Balaban J connectivity index is 1.87. The van der Waals surface area contributed by atoms with E-state index in [1.54, 1.807) is 12.7 Å². The lowest BCUT2D eigenvalue weighted by atomic mass is 9.88. The highest BCUT2D eigenvalue weighted by Crippen LogP contribution is 2.33. The second-order valence-corrected chi connectivity index (χ2v) is 5.76. The minimum atomic E-state index is 1.05. The summed E-state index contributed by atoms with van der Waals surface area (Å²) in [6.07, 6.45) is 7.46. The highest BCUT2D eigenvalue weighted by Gasteiger charge is 2.19. The second kappa shape index (κ2) is 5.38. The number of ether oxygens (including phenoxy) is 1. The summed E-state index contributed by atoms with van der Waals surface area (Å²) in [5, 5.41) is 0. The van der Waals surface area contributed by atoms with E-state index in [0.29, 0.717) is 0 Å². The number of methoxy groups -OCH3 is 1. The van der Waals surface area contributed by atoms with Crippen LogP contribution < -0.4 is 4.74 Å². The molecule has 19 heavy (non-hydrogen) atoms. The Labute approximate surface area is 116 Å². The molecule has 1 fully saturated rings. The molecule has 0 aromatic heterocycles. The first-order valence-corrected chi connectivity index (χ1v) is 7.36. The van der Waals surface area contributed by atoms with Crippen molar-refractivity contribution >= 4 is 6.08 Å². The van der Waals surface area contributed by atoms with Crippen molar-refractivity contribution in [3.05, 3.63) is 34.4 Å². The SMILES string of the molecule is COc1ccc(C)c2c1CCC(CN1CCCC1)=C2. The number of aryl methyl sites for hydroxylation is 1. The molecule has 0 unspecified atom stereocenters. The van der Waals surface area contributed by atoms with Crippen LogP contribution in [0.4, 0.5) is 0 Å². The Hall–Kier alpha value is -1.28. The van der Waals surface area contributed by atoms with Crippen molar-refractivity contribution < 1.29 is 4.74 Å². The van der Waals surface area contributed by atoms with Gasteiger partial charge in [0.05, 0.1) is 7.11 Å². The molecule has 2 aliphatic rings. The van der Waals surface area contributed by atoms with Gasteiger partial charge in [-0.05, 0) is 62.9 Å². The van der Waals surface area contributed by atoms with Gasteiger partial charge < -0.3 is 4.74 Å². The fourth-order valence-corrected chi connectivity index (χ4v) is 3.33. The van der Waals surface area contributed by atoms with Gasteiger partial charge in [-0.1, -0.05) is 17.7 Å². The zero-order chi connectivity index (χ0) is 13.2. The minimum Gasteiger partial charge on any atom is -0.496 e. The summed E-state index contributed by atoms with van der Waals surface area (Å²) in [6.45, 7) is 5.92. The van der Waals surface area contributed by atoms with Crippen molar-refractivity contribution in [1.29, 1.82) is 0 Å². The molecule has 0 saturated carbocycles. The van der Waals surface area contributed by atoms with Gasteiger partial charge in [-0.2, -0.15) is 0 Å². The summed E-state index contributed by atoms with van der Waals surface area (Å²) in [5.41, 5.74) is 5.76. The van der Waals surface area contributed by atoms with Crippen LogP contribution in [0.15, 0.2) is 17.7 Å². The van der Waals surface area contributed by atoms with E-state index in [1.165, 1.54) is 49.0 Å². The maximum absolute atomic E-state index is 5.50. The molecule has 0 atom stereocenters. The van der Waals surface area contributed by atoms with E-state index >= 15 is 0 Å². The molecule has 102 valence electrons. The first-order valence-electron chi connectivity index (χ1n) is 7.36. The molecule has 0 spiro atoms. The van der Waals surface area contributed by atoms with Crippen LogP contribution in [0.3, 0.4) is 0 Å². The zero-order valence-corrected chi connectivity index (χ0v) is 12.0. The van der Waals surface area contributed by atoms with Crippen LogP contribution in [-0.4, -0.2) is 31.6 Å². The smallest absolute Gasteiger partial charge is 0.122 e. The van der Waals surface area contributed by atoms with E-state index in [2.05, 4.69) is 30.0 Å². The first kappa shape index (κ1) is 12.7. The molecular formula is C17H23NO. The third-order valence-corrected chi connectivity index (χ3v) is 4.42. The van der Waals surface area contributed by atoms with Gasteiger partial charge in [-0.3, -0.25) is 4.90 Å². The monoisotopic (exact) mass is 257 g/mol. The van der Waals surface area contributed by atoms with Crippen molar-refractivity contribution in [1.82, 2.24) is 4.90 Å². The lowest BCUT2D eigenvalue weighted by Crippen LogP contribution is -2.23. The Morgan fingerprint density at radius 1 is 1.16 bits per heavy atom. The van der Waals surface area contributed by atoms with Gasteiger partial charge in [0.2, 0.25) is 0 Å². The van der Waals surface area contributed by atoms with Crippen LogP contribution in [0.5, 0.6) is 5.75 Å². The number of benzene rings is 1. The van der Waals surface area contributed by atoms with Gasteiger partial charge in [0.1, 0.15) is 5.75 Å². The summed E-state index contributed by atoms with van der Waals surface area (Å²) in [4.78, 5) is 2.59. The van der Waals surface area contributed by atoms with E-state index in [9.17, 15) is 0 Å². The number of nitrogens with zero attached hydrogens (tertiary/aromatic N) is 1. The predicted molar refractivity (Wildman–Crippen MR) is 79.7 cm³/mol. The fourth-order valence-electron chi connectivity index (χ4n) is 3.33. The molecule has 1 heterocycles. The van der Waals surface area contributed by atoms with Crippen molar-refractivity contribution in [3.63, 3.8) is 0 Å². The van der Waals surface area contributed by atoms with Crippen LogP contribution in [0, 0.1) is 6.92 Å². The molecule has 3 rings (SSSR count). The Morgan fingerprint density at radius 3 is 2.68 bits per heavy atom. The van der Waals surface area contributed by atoms with Crippen LogP contribution >= 0.6 is 0 Å². The summed E-state index contributed by atoms with van der Waals surface area (Å²) >= 11 is 0. The summed E-state index contributed by atoms with van der Waals surface area (Å²) < 4.78 is 5.50. The van der Waals surface area contributed by atoms with Crippen molar-refractivity contribution in [3.8, 4) is 5.75 Å². The number of fused-ring (bicyclic) bond motifs is 1. The standard InChI is InChI=1S/C17H23NO/c1-13-5-8-17(19-2)15-7-6-14(11-16(13)15)12-18-9-3-4-10-18/h5,8,11H,3-4,6-7,9-10,12H2,1-2H3. The van der Waals surface area contributed by atoms with Gasteiger partial charge in [0.15, 0.2) is 0 Å². The third kappa shape index (κ3) is 2.55. The lowest BCUT2D eigenvalue weighted by Gasteiger charge is -2.23. The molecule has 1 aromatic carbocycles. The number of hydrogen-bond donors (Lipinski definition) is 0. The van der Waals surface area contributed by atoms with Gasteiger partial charge in [0.25, 0.3) is 0 Å². The maximum atomic E-state index is 5.50. The lowest BCUT2D eigenvalue weighted by molar-refractivity contribution is 0.364. The topological polar surface area (TPSA) is 12.5 Å². The molecule has 1 aliphatic carbocycles. The van der Waals surface area contributed by atoms with Crippen molar-refractivity contribution in [2.24, 2.45) is 0 Å². The highest BCUT2D eigenvalue weighted by atomic mass is 16.5. The van der Waals surface area contributed by atoms with Crippen LogP contribution in [0.1, 0.15) is 36.0 Å². The fraction of sp³-hybridized carbons (Fsp3) is 0.529. The van der Waals surface area contributed by atoms with Crippen molar-refractivity contribution in [2.75, 3.05) is 26.7 Å². The van der Waals surface area contributed by atoms with E-state index in [-0.39, 0.29) is 0 Å². The number of rotatable bonds is 3. The average molecular weight is 257 g/mol. The molecule has 2 heteroatoms. The van der Waals surface area contributed by atoms with Gasteiger partial charge in [-0.25, -0.2) is 0 Å². The summed E-state index contributed by atoms with van der Waals surface area (Å²) in [5.74, 6) is 1.05. The van der Waals surface area contributed by atoms with Crippen molar-refractivity contribution in [2.45, 2.75) is 32.6 Å². The average Bonchev–Trinajstić information content (AvgIpc) is 2.93. The summed E-state index contributed by atoms with van der Waals surface area (Å²) in [6, 6.07) is 4.28. The predicted octanol–water partition coefficient (Wildman–Crippen LogP) is 3.43. The largest absolute Gasteiger partial charge is 0.496 e. The first-order chi connectivity index (χ1) is 9.28. The molecule has 2 nitrogen and oxygen atoms in total. The van der Waals surface area contributed by atoms with Crippen LogP contribution in [0.25, 0.3) is 6.08 Å². The van der Waals surface area contributed by atoms with E-state index in [0.717, 1.165) is 18.7 Å². The van der Waals surface area contributed by atoms with E-state index < -0.39 is 0 Å². The normalized spacial score (nSPS) is 19.2. The van der Waals surface area contributed by atoms with E-state index in [4.69, 9.17) is 4.74 Å². The van der Waals surface area contributed by atoms with Gasteiger partial charge in [-0.15, -0.1) is 0 Å². The highest BCUT2D eigenvalue weighted by molar-refractivity contribution is 5.66. The maximum Gasteiger partial charge on any atom is 0.122 e. The molecular weight excluding hydrogens is 234 g/mol. The zero-order valence-electron chi connectivity index (χ0n) is 12.0. The van der Waals surface area contributed by atoms with E-state index in [1.807, 2.05) is 0 Å². The molecule has 0 bridgehead atoms. The molecule has 0 radical (unpaired) electrons. The van der Waals surface area contributed by atoms with Gasteiger partial charge in [0, 0.05) is 12.1 Å². The summed E-state index contributed by atoms with van der Waals surface area (Å²) in [7, 11) is 1.77. The van der Waals surface area contributed by atoms with Gasteiger partial charge >= 0.3 is 0 Å².